The predicted octanol–water partition coefficient (Wildman–Crippen LogP) is 2.21. The highest BCUT2D eigenvalue weighted by molar-refractivity contribution is 5.68. The number of hydrogen-bond donors (Lipinski definition) is 2. The molecule has 0 aromatic heterocycles. The van der Waals surface area contributed by atoms with Crippen LogP contribution in [-0.2, 0) is 4.74 Å². The molecule has 17 heavy (non-hydrogen) atoms. The molecule has 0 bridgehead atoms. The van der Waals surface area contributed by atoms with Crippen LogP contribution < -0.4 is 11.1 Å². The van der Waals surface area contributed by atoms with Gasteiger partial charge in [0.15, 0.2) is 0 Å². The van der Waals surface area contributed by atoms with E-state index in [4.69, 9.17) is 10.5 Å². The van der Waals surface area contributed by atoms with Crippen molar-refractivity contribution in [2.75, 3.05) is 6.61 Å². The Kier molecular flexibility index (Phi) is 4.52. The summed E-state index contributed by atoms with van der Waals surface area (Å²) in [5, 5.41) is 2.71. The van der Waals surface area contributed by atoms with Crippen molar-refractivity contribution < 1.29 is 9.53 Å². The number of carbonyl (C=O) groups excluding carboxylic acids is 1. The van der Waals surface area contributed by atoms with Crippen molar-refractivity contribution in [2.24, 2.45) is 5.73 Å². The molecule has 3 N–H and O–H groups in total. The molecule has 0 unspecified atom stereocenters. The summed E-state index contributed by atoms with van der Waals surface area (Å²) in [7, 11) is 0. The highest BCUT2D eigenvalue weighted by Gasteiger charge is 2.15. The Balaban J connectivity index is 2.39. The lowest BCUT2D eigenvalue weighted by atomic mass is 10.1. The van der Waals surface area contributed by atoms with Crippen LogP contribution in [0.5, 0.6) is 0 Å². The lowest BCUT2D eigenvalue weighted by Gasteiger charge is -2.21. The minimum atomic E-state index is -0.441. The van der Waals surface area contributed by atoms with Crippen LogP contribution in [-0.4, -0.2) is 18.2 Å². The first kappa shape index (κ1) is 13.5. The summed E-state index contributed by atoms with van der Waals surface area (Å²) >= 11 is 0. The van der Waals surface area contributed by atoms with Crippen LogP contribution in [0.15, 0.2) is 30.3 Å². The van der Waals surface area contributed by atoms with E-state index < -0.39 is 6.09 Å². The molecule has 1 aromatic rings. The van der Waals surface area contributed by atoms with Gasteiger partial charge in [0.2, 0.25) is 0 Å². The van der Waals surface area contributed by atoms with Gasteiger partial charge in [0.05, 0.1) is 6.04 Å². The highest BCUT2D eigenvalue weighted by atomic mass is 16.5. The lowest BCUT2D eigenvalue weighted by molar-refractivity contribution is 0.131. The molecule has 4 nitrogen and oxygen atoms in total. The fraction of sp³-hybridized carbons (Fsp3) is 0.462. The summed E-state index contributed by atoms with van der Waals surface area (Å²) in [6.07, 6.45) is -0.441. The SMILES string of the molecule is CC(C)(C)NC(=O)OC[C@@H](N)c1ccccc1. The van der Waals surface area contributed by atoms with E-state index in [1.54, 1.807) is 0 Å². The fourth-order valence-electron chi connectivity index (χ4n) is 1.30. The minimum Gasteiger partial charge on any atom is -0.448 e. The van der Waals surface area contributed by atoms with Crippen molar-refractivity contribution >= 4 is 6.09 Å². The summed E-state index contributed by atoms with van der Waals surface area (Å²) in [6, 6.07) is 9.27. The average molecular weight is 236 g/mol. The third-order valence-corrected chi connectivity index (χ3v) is 2.10. The van der Waals surface area contributed by atoms with Gasteiger partial charge in [0.25, 0.3) is 0 Å². The van der Waals surface area contributed by atoms with E-state index >= 15 is 0 Å². The van der Waals surface area contributed by atoms with E-state index in [0.29, 0.717) is 0 Å². The molecule has 4 heteroatoms. The summed E-state index contributed by atoms with van der Waals surface area (Å²) in [5.41, 5.74) is 6.56. The van der Waals surface area contributed by atoms with Gasteiger partial charge < -0.3 is 15.8 Å². The van der Waals surface area contributed by atoms with E-state index in [-0.39, 0.29) is 18.2 Å². The van der Waals surface area contributed by atoms with E-state index in [2.05, 4.69) is 5.32 Å². The number of alkyl carbamates (subject to hydrolysis) is 1. The summed E-state index contributed by atoms with van der Waals surface area (Å²) in [4.78, 5) is 11.4. The molecule has 1 atom stereocenters. The van der Waals surface area contributed by atoms with Gasteiger partial charge in [-0.1, -0.05) is 30.3 Å². The monoisotopic (exact) mass is 236 g/mol. The third kappa shape index (κ3) is 5.36. The molecule has 0 saturated heterocycles. The van der Waals surface area contributed by atoms with Crippen molar-refractivity contribution in [2.45, 2.75) is 32.4 Å². The van der Waals surface area contributed by atoms with E-state index in [0.717, 1.165) is 5.56 Å². The lowest BCUT2D eigenvalue weighted by Crippen LogP contribution is -2.41. The molecule has 0 fully saturated rings. The summed E-state index contributed by atoms with van der Waals surface area (Å²) in [5.74, 6) is 0. The fourth-order valence-corrected chi connectivity index (χ4v) is 1.30. The van der Waals surface area contributed by atoms with Gasteiger partial charge in [0.1, 0.15) is 6.61 Å². The molecular formula is C13H20N2O2. The maximum absolute atomic E-state index is 11.4. The molecule has 0 aliphatic carbocycles. The normalized spacial score (nSPS) is 12.9. The minimum absolute atomic E-state index is 0.173. The zero-order chi connectivity index (χ0) is 12.9. The van der Waals surface area contributed by atoms with Gasteiger partial charge in [-0.3, -0.25) is 0 Å². The largest absolute Gasteiger partial charge is 0.448 e. The number of hydrogen-bond acceptors (Lipinski definition) is 3. The molecule has 0 saturated carbocycles. The number of nitrogens with two attached hydrogens (primary N) is 1. The predicted molar refractivity (Wildman–Crippen MR) is 67.6 cm³/mol. The van der Waals surface area contributed by atoms with Crippen LogP contribution in [0, 0.1) is 0 Å². The van der Waals surface area contributed by atoms with Crippen molar-refractivity contribution in [3.63, 3.8) is 0 Å². The molecule has 0 aliphatic rings. The average Bonchev–Trinajstić information content (AvgIpc) is 2.25. The first-order chi connectivity index (χ1) is 7.88. The zero-order valence-electron chi connectivity index (χ0n) is 10.6. The summed E-state index contributed by atoms with van der Waals surface area (Å²) < 4.78 is 5.06. The number of ether oxygens (including phenoxy) is 1. The van der Waals surface area contributed by atoms with Crippen LogP contribution in [0.2, 0.25) is 0 Å². The summed E-state index contributed by atoms with van der Waals surface area (Å²) in [6.45, 7) is 5.86. The molecule has 1 aromatic carbocycles. The molecule has 0 spiro atoms. The number of amides is 1. The van der Waals surface area contributed by atoms with Gasteiger partial charge in [-0.2, -0.15) is 0 Å². The molecule has 1 amide bonds. The van der Waals surface area contributed by atoms with Gasteiger partial charge in [-0.15, -0.1) is 0 Å². The highest BCUT2D eigenvalue weighted by Crippen LogP contribution is 2.09. The second-order valence-electron chi connectivity index (χ2n) is 4.99. The van der Waals surface area contributed by atoms with Crippen molar-refractivity contribution in [3.8, 4) is 0 Å². The number of rotatable bonds is 3. The zero-order valence-corrected chi connectivity index (χ0v) is 10.6. The topological polar surface area (TPSA) is 64.3 Å². The van der Waals surface area contributed by atoms with Crippen LogP contribution >= 0.6 is 0 Å². The van der Waals surface area contributed by atoms with E-state index in [9.17, 15) is 4.79 Å². The van der Waals surface area contributed by atoms with Crippen LogP contribution in [0.1, 0.15) is 32.4 Å². The molecule has 0 aliphatic heterocycles. The second-order valence-corrected chi connectivity index (χ2v) is 4.99. The Morgan fingerprint density at radius 1 is 1.35 bits per heavy atom. The van der Waals surface area contributed by atoms with Gasteiger partial charge in [0, 0.05) is 5.54 Å². The van der Waals surface area contributed by atoms with Gasteiger partial charge in [-0.25, -0.2) is 4.79 Å². The molecule has 0 radical (unpaired) electrons. The van der Waals surface area contributed by atoms with Crippen LogP contribution in [0.25, 0.3) is 0 Å². The second kappa shape index (κ2) is 5.68. The van der Waals surface area contributed by atoms with E-state index in [1.165, 1.54) is 0 Å². The molecule has 1 rings (SSSR count). The number of nitrogens with one attached hydrogen (secondary N) is 1. The molecule has 0 heterocycles. The first-order valence-electron chi connectivity index (χ1n) is 5.64. The maximum Gasteiger partial charge on any atom is 0.407 e. The smallest absolute Gasteiger partial charge is 0.407 e. The van der Waals surface area contributed by atoms with Crippen molar-refractivity contribution in [1.29, 1.82) is 0 Å². The van der Waals surface area contributed by atoms with Crippen LogP contribution in [0.3, 0.4) is 0 Å². The Hall–Kier alpha value is -1.55. The first-order valence-corrected chi connectivity index (χ1v) is 5.64. The van der Waals surface area contributed by atoms with Crippen molar-refractivity contribution in [3.05, 3.63) is 35.9 Å². The Bertz CT molecular complexity index is 357. The Morgan fingerprint density at radius 2 is 1.94 bits per heavy atom. The number of carbonyl (C=O) groups is 1. The molecule has 94 valence electrons. The molecular weight excluding hydrogens is 216 g/mol. The quantitative estimate of drug-likeness (QED) is 0.845. The Morgan fingerprint density at radius 3 is 2.47 bits per heavy atom. The number of benzene rings is 1. The standard InChI is InChI=1S/C13H20N2O2/c1-13(2,3)15-12(16)17-9-11(14)10-7-5-4-6-8-10/h4-8,11H,9,14H2,1-3H3,(H,15,16)/t11-/m1/s1. The third-order valence-electron chi connectivity index (χ3n) is 2.10. The van der Waals surface area contributed by atoms with E-state index in [1.807, 2.05) is 51.1 Å². The van der Waals surface area contributed by atoms with Crippen LogP contribution in [0.4, 0.5) is 4.79 Å². The van der Waals surface area contributed by atoms with Gasteiger partial charge in [-0.05, 0) is 26.3 Å². The van der Waals surface area contributed by atoms with Gasteiger partial charge >= 0.3 is 6.09 Å². The Labute approximate surface area is 102 Å². The maximum atomic E-state index is 11.4. The van der Waals surface area contributed by atoms with Crippen molar-refractivity contribution in [1.82, 2.24) is 5.32 Å².